The maximum Gasteiger partial charge on any atom is 0.163 e. The van der Waals surface area contributed by atoms with Gasteiger partial charge < -0.3 is 4.42 Å². The van der Waals surface area contributed by atoms with Crippen LogP contribution in [0.2, 0.25) is 0 Å². The monoisotopic (exact) mass is 603 g/mol. The molecule has 0 amide bonds. The topological polar surface area (TPSA) is 51.8 Å². The third kappa shape index (κ3) is 5.01. The minimum atomic E-state index is 0.0927. The van der Waals surface area contributed by atoms with Gasteiger partial charge in [-0.05, 0) is 69.8 Å². The highest BCUT2D eigenvalue weighted by Gasteiger charge is 2.18. The molecular formula is C43H29N3O. The van der Waals surface area contributed by atoms with Crippen molar-refractivity contribution in [3.8, 4) is 45.0 Å². The van der Waals surface area contributed by atoms with E-state index in [1.807, 2.05) is 24.3 Å². The predicted molar refractivity (Wildman–Crippen MR) is 192 cm³/mol. The molecule has 9 rings (SSSR count). The van der Waals surface area contributed by atoms with Crippen LogP contribution in [0, 0.1) is 0 Å². The maximum absolute atomic E-state index is 6.19. The van der Waals surface area contributed by atoms with Crippen molar-refractivity contribution in [2.45, 2.75) is 12.3 Å². The van der Waals surface area contributed by atoms with E-state index in [1.165, 1.54) is 0 Å². The van der Waals surface area contributed by atoms with E-state index in [1.54, 1.807) is 0 Å². The predicted octanol–water partition coefficient (Wildman–Crippen LogP) is 11.2. The first-order valence-electron chi connectivity index (χ1n) is 16.0. The molecule has 0 bridgehead atoms. The lowest BCUT2D eigenvalue weighted by molar-refractivity contribution is 0.669. The van der Waals surface area contributed by atoms with Gasteiger partial charge in [-0.3, -0.25) is 0 Å². The fourth-order valence-electron chi connectivity index (χ4n) is 6.63. The highest BCUT2D eigenvalue weighted by molar-refractivity contribution is 6.12. The fraction of sp³-hybridized carbons (Fsp3) is 0.0465. The summed E-state index contributed by atoms with van der Waals surface area (Å²) in [4.78, 5) is 15.2. The summed E-state index contributed by atoms with van der Waals surface area (Å²) < 4.78 is 6.19. The van der Waals surface area contributed by atoms with Gasteiger partial charge >= 0.3 is 0 Å². The number of aromatic nitrogens is 3. The Labute approximate surface area is 272 Å². The number of rotatable bonds is 5. The summed E-state index contributed by atoms with van der Waals surface area (Å²) in [5.74, 6) is 2.23. The van der Waals surface area contributed by atoms with Gasteiger partial charge in [0.05, 0.1) is 0 Å². The molecule has 2 heterocycles. The lowest BCUT2D eigenvalue weighted by Gasteiger charge is -2.15. The summed E-state index contributed by atoms with van der Waals surface area (Å²) in [5.41, 5.74) is 8.30. The van der Waals surface area contributed by atoms with Gasteiger partial charge in [0.15, 0.2) is 11.6 Å². The first-order valence-corrected chi connectivity index (χ1v) is 16.0. The van der Waals surface area contributed by atoms with E-state index in [-0.39, 0.29) is 5.92 Å². The molecule has 6 aromatic carbocycles. The molecular weight excluding hydrogens is 574 g/mol. The lowest BCUT2D eigenvalue weighted by atomic mass is 9.96. The average Bonchev–Trinajstić information content (AvgIpc) is 3.54. The van der Waals surface area contributed by atoms with Crippen LogP contribution >= 0.6 is 0 Å². The van der Waals surface area contributed by atoms with E-state index in [0.717, 1.165) is 78.3 Å². The second-order valence-corrected chi connectivity index (χ2v) is 12.0. The quantitative estimate of drug-likeness (QED) is 0.196. The Kier molecular flexibility index (Phi) is 6.57. The number of fused-ring (bicyclic) bond motifs is 4. The fourth-order valence-corrected chi connectivity index (χ4v) is 6.63. The smallest absolute Gasteiger partial charge is 0.163 e. The lowest BCUT2D eigenvalue weighted by Crippen LogP contribution is -2.07. The number of hydrogen-bond donors (Lipinski definition) is 0. The molecule has 0 N–H and O–H groups in total. The molecule has 0 saturated carbocycles. The molecule has 1 aliphatic carbocycles. The Balaban J connectivity index is 1.17. The molecule has 2 aromatic heterocycles. The third-order valence-corrected chi connectivity index (χ3v) is 9.00. The van der Waals surface area contributed by atoms with E-state index in [4.69, 9.17) is 19.4 Å². The van der Waals surface area contributed by atoms with Gasteiger partial charge in [-0.2, -0.15) is 0 Å². The highest BCUT2D eigenvalue weighted by Crippen LogP contribution is 2.38. The summed E-state index contributed by atoms with van der Waals surface area (Å²) in [6.07, 6.45) is 9.37. The van der Waals surface area contributed by atoms with Crippen molar-refractivity contribution in [2.75, 3.05) is 0 Å². The van der Waals surface area contributed by atoms with Crippen molar-refractivity contribution in [2.24, 2.45) is 0 Å². The Morgan fingerprint density at radius 1 is 0.511 bits per heavy atom. The van der Waals surface area contributed by atoms with Crippen molar-refractivity contribution >= 4 is 32.7 Å². The number of para-hydroxylation sites is 1. The minimum Gasteiger partial charge on any atom is -0.456 e. The molecule has 222 valence electrons. The summed E-state index contributed by atoms with van der Waals surface area (Å²) >= 11 is 0. The molecule has 47 heavy (non-hydrogen) atoms. The van der Waals surface area contributed by atoms with Crippen LogP contribution in [-0.4, -0.2) is 15.0 Å². The molecule has 0 fully saturated rings. The molecule has 0 saturated heterocycles. The maximum atomic E-state index is 6.19. The number of nitrogens with zero attached hydrogens (tertiary/aromatic N) is 3. The zero-order valence-corrected chi connectivity index (χ0v) is 25.5. The van der Waals surface area contributed by atoms with Crippen LogP contribution in [0.5, 0.6) is 0 Å². The van der Waals surface area contributed by atoms with Gasteiger partial charge in [0.2, 0.25) is 0 Å². The van der Waals surface area contributed by atoms with Gasteiger partial charge in [-0.25, -0.2) is 15.0 Å². The molecule has 1 aliphatic rings. The van der Waals surface area contributed by atoms with Crippen LogP contribution in [0.4, 0.5) is 0 Å². The Morgan fingerprint density at radius 2 is 1.21 bits per heavy atom. The van der Waals surface area contributed by atoms with Gasteiger partial charge in [-0.1, -0.05) is 127 Å². The molecule has 0 spiro atoms. The summed E-state index contributed by atoms with van der Waals surface area (Å²) in [6.45, 7) is 0. The summed E-state index contributed by atoms with van der Waals surface area (Å²) in [6, 6.07) is 46.5. The van der Waals surface area contributed by atoms with Crippen molar-refractivity contribution in [1.82, 2.24) is 15.0 Å². The normalized spacial score (nSPS) is 14.3. The molecule has 1 unspecified atom stereocenters. The Hall–Kier alpha value is -6.13. The average molecular weight is 604 g/mol. The van der Waals surface area contributed by atoms with E-state index >= 15 is 0 Å². The van der Waals surface area contributed by atoms with E-state index in [0.29, 0.717) is 11.6 Å². The van der Waals surface area contributed by atoms with Gasteiger partial charge in [0.25, 0.3) is 0 Å². The third-order valence-electron chi connectivity index (χ3n) is 9.00. The van der Waals surface area contributed by atoms with Gasteiger partial charge in [-0.15, -0.1) is 0 Å². The molecule has 0 radical (unpaired) electrons. The molecule has 8 aromatic rings. The highest BCUT2D eigenvalue weighted by atomic mass is 16.3. The van der Waals surface area contributed by atoms with E-state index in [2.05, 4.69) is 133 Å². The molecule has 0 aliphatic heterocycles. The number of benzene rings is 6. The Morgan fingerprint density at radius 3 is 2.06 bits per heavy atom. The van der Waals surface area contributed by atoms with Gasteiger partial charge in [0.1, 0.15) is 17.0 Å². The number of allylic oxidation sites excluding steroid dienone is 4. The number of furan rings is 1. The zero-order chi connectivity index (χ0) is 31.2. The standard InChI is InChI=1S/C43H29N3O/c1-3-11-28(12-4-1)31-15-9-16-33(25-31)42-44-41(30-13-5-2-6-14-30)45-43(46-42)34-24-22-29-21-23-32(26-35(29)27-34)36-18-10-20-39-40(36)37-17-7-8-19-38(37)47-39/h1-13,15-27,30H,14H2. The summed E-state index contributed by atoms with van der Waals surface area (Å²) in [5, 5.41) is 4.55. The van der Waals surface area contributed by atoms with Crippen molar-refractivity contribution in [3.63, 3.8) is 0 Å². The van der Waals surface area contributed by atoms with Crippen molar-refractivity contribution < 1.29 is 4.42 Å². The second-order valence-electron chi connectivity index (χ2n) is 12.0. The van der Waals surface area contributed by atoms with Crippen LogP contribution in [-0.2, 0) is 0 Å². The van der Waals surface area contributed by atoms with E-state index in [9.17, 15) is 0 Å². The van der Waals surface area contributed by atoms with Crippen molar-refractivity contribution in [3.05, 3.63) is 164 Å². The first-order chi connectivity index (χ1) is 23.3. The minimum absolute atomic E-state index is 0.0927. The zero-order valence-electron chi connectivity index (χ0n) is 25.5. The van der Waals surface area contributed by atoms with Crippen LogP contribution < -0.4 is 0 Å². The number of hydrogen-bond acceptors (Lipinski definition) is 4. The SMILES string of the molecule is C1=CCC(c2nc(-c3cccc(-c4ccccc4)c3)nc(-c3ccc4ccc(-c5cccc6oc7ccccc7c56)cc4c3)n2)C=C1. The summed E-state index contributed by atoms with van der Waals surface area (Å²) in [7, 11) is 0. The largest absolute Gasteiger partial charge is 0.456 e. The molecule has 4 heteroatoms. The van der Waals surface area contributed by atoms with Crippen LogP contribution in [0.15, 0.2) is 162 Å². The van der Waals surface area contributed by atoms with Crippen LogP contribution in [0.3, 0.4) is 0 Å². The first kappa shape index (κ1) is 27.2. The van der Waals surface area contributed by atoms with E-state index < -0.39 is 0 Å². The Bertz CT molecular complexity index is 2510. The van der Waals surface area contributed by atoms with Crippen LogP contribution in [0.1, 0.15) is 18.2 Å². The van der Waals surface area contributed by atoms with Crippen molar-refractivity contribution in [1.29, 1.82) is 0 Å². The molecule has 4 nitrogen and oxygen atoms in total. The second kappa shape index (κ2) is 11.3. The van der Waals surface area contributed by atoms with Gasteiger partial charge in [0, 0.05) is 27.8 Å². The van der Waals surface area contributed by atoms with Crippen LogP contribution in [0.25, 0.3) is 77.7 Å². The molecule has 1 atom stereocenters.